The number of hydrogen-bond acceptors (Lipinski definition) is 2. The topological polar surface area (TPSA) is 18.5 Å². The van der Waals surface area contributed by atoms with E-state index in [1.165, 1.54) is 0 Å². The Hall–Kier alpha value is 0.137. The largest absolute Gasteiger partial charge is 0.298 e. The van der Waals surface area contributed by atoms with E-state index in [1.807, 2.05) is 13.8 Å². The highest BCUT2D eigenvalue weighted by molar-refractivity contribution is 5.97. The van der Waals surface area contributed by atoms with Crippen molar-refractivity contribution in [1.82, 2.24) is 0 Å². The summed E-state index contributed by atoms with van der Waals surface area (Å²) in [5, 5.41) is 0. The van der Waals surface area contributed by atoms with Gasteiger partial charge in [-0.15, -0.1) is 0 Å². The summed E-state index contributed by atoms with van der Waals surface area (Å²) in [5.74, 6) is 0.492. The Morgan fingerprint density at radius 3 is 1.89 bits per heavy atom. The van der Waals surface area contributed by atoms with Crippen molar-refractivity contribution in [2.45, 2.75) is 33.3 Å². The predicted octanol–water partition coefficient (Wildman–Crippen LogP) is 0.650. The van der Waals surface area contributed by atoms with E-state index in [0.717, 1.165) is 0 Å². The van der Waals surface area contributed by atoms with Gasteiger partial charge in [0.1, 0.15) is 0 Å². The molecule has 2 nitrogen and oxygen atoms in total. The van der Waals surface area contributed by atoms with Crippen LogP contribution in [0.15, 0.2) is 0 Å². The molecule has 0 aliphatic heterocycles. The first-order chi connectivity index (χ1) is 4.00. The van der Waals surface area contributed by atoms with Gasteiger partial charge in [0, 0.05) is 0 Å². The first-order valence-electron chi connectivity index (χ1n) is 3.22. The Morgan fingerprint density at radius 1 is 1.33 bits per heavy atom. The molecular weight excluding hydrogens is 132 g/mol. The van der Waals surface area contributed by atoms with E-state index in [2.05, 4.69) is 13.8 Å². The molecule has 0 unspecified atom stereocenters. The molecule has 0 aromatic rings. The minimum Gasteiger partial charge on any atom is -0.298 e. The van der Waals surface area contributed by atoms with Crippen LogP contribution in [0.25, 0.3) is 0 Å². The second-order valence-corrected chi connectivity index (χ2v) is 3.34. The van der Waals surface area contributed by atoms with Crippen LogP contribution in [0, 0.1) is 5.92 Å². The fraction of sp³-hybridized carbons (Fsp3) is 1.00. The average molecular weight is 148 g/mol. The van der Waals surface area contributed by atoms with E-state index in [-0.39, 0.29) is 5.60 Å². The van der Waals surface area contributed by atoms with Crippen LogP contribution < -0.4 is 0 Å². The van der Waals surface area contributed by atoms with Gasteiger partial charge >= 0.3 is 0 Å². The van der Waals surface area contributed by atoms with Gasteiger partial charge in [-0.1, -0.05) is 13.8 Å². The van der Waals surface area contributed by atoms with E-state index in [4.69, 9.17) is 9.46 Å². The van der Waals surface area contributed by atoms with Gasteiger partial charge in [-0.2, -0.15) is 0 Å². The Morgan fingerprint density at radius 2 is 1.78 bits per heavy atom. The maximum atomic E-state index is 5.05. The van der Waals surface area contributed by atoms with Gasteiger partial charge < -0.3 is 0 Å². The Kier molecular flexibility index (Phi) is 3.39. The number of rotatable bonds is 3. The highest BCUT2D eigenvalue weighted by atomic mass is 28.2. The van der Waals surface area contributed by atoms with Gasteiger partial charge in [0.25, 0.3) is 0 Å². The lowest BCUT2D eigenvalue weighted by Crippen LogP contribution is -2.30. The van der Waals surface area contributed by atoms with Gasteiger partial charge in [0.05, 0.1) is 5.60 Å². The van der Waals surface area contributed by atoms with Crippen molar-refractivity contribution in [3.8, 4) is 0 Å². The van der Waals surface area contributed by atoms with Gasteiger partial charge in [-0.25, -0.2) is 4.89 Å². The molecule has 0 fully saturated rings. The first kappa shape index (κ1) is 9.14. The zero-order valence-electron chi connectivity index (χ0n) is 6.89. The lowest BCUT2D eigenvalue weighted by molar-refractivity contribution is -0.292. The molecule has 0 radical (unpaired) electrons. The Labute approximate surface area is 60.0 Å². The zero-order valence-corrected chi connectivity index (χ0v) is 8.89. The van der Waals surface area contributed by atoms with Crippen molar-refractivity contribution in [2.24, 2.45) is 5.92 Å². The summed E-state index contributed by atoms with van der Waals surface area (Å²) >= 11 is 0. The molecule has 0 aliphatic carbocycles. The summed E-state index contributed by atoms with van der Waals surface area (Å²) in [6.07, 6.45) is 0. The lowest BCUT2D eigenvalue weighted by Gasteiger charge is -2.26. The maximum Gasteiger partial charge on any atom is 0.193 e. The molecule has 0 saturated heterocycles. The molecule has 0 spiro atoms. The quantitative estimate of drug-likeness (QED) is 0.332. The van der Waals surface area contributed by atoms with E-state index < -0.39 is 0 Å². The molecule has 0 saturated carbocycles. The van der Waals surface area contributed by atoms with Crippen molar-refractivity contribution in [3.05, 3.63) is 0 Å². The third kappa shape index (κ3) is 2.98. The van der Waals surface area contributed by atoms with Crippen LogP contribution in [0.5, 0.6) is 0 Å². The zero-order chi connectivity index (χ0) is 7.49. The summed E-state index contributed by atoms with van der Waals surface area (Å²) in [6.45, 7) is 8.27. The summed E-state index contributed by atoms with van der Waals surface area (Å²) in [4.78, 5) is 5.05. The summed E-state index contributed by atoms with van der Waals surface area (Å²) < 4.78 is 4.71. The first-order valence-corrected chi connectivity index (χ1v) is 4.04. The van der Waals surface area contributed by atoms with Gasteiger partial charge in [0.2, 0.25) is 0 Å². The van der Waals surface area contributed by atoms with Crippen molar-refractivity contribution in [1.29, 1.82) is 0 Å². The fourth-order valence-electron chi connectivity index (χ4n) is 0.311. The molecule has 0 amide bonds. The third-order valence-corrected chi connectivity index (χ3v) is 1.86. The van der Waals surface area contributed by atoms with E-state index in [0.29, 0.717) is 16.4 Å². The summed E-state index contributed by atoms with van der Waals surface area (Å²) in [7, 11) is 0.643. The van der Waals surface area contributed by atoms with Gasteiger partial charge in [-0.3, -0.25) is 4.58 Å². The minimum absolute atomic E-state index is 0.137. The highest BCUT2D eigenvalue weighted by Gasteiger charge is 2.23. The highest BCUT2D eigenvalue weighted by Crippen LogP contribution is 2.19. The summed E-state index contributed by atoms with van der Waals surface area (Å²) in [5.41, 5.74) is -0.137. The Balaban J connectivity index is 3.70. The fourth-order valence-corrected chi connectivity index (χ4v) is 0.741. The molecule has 0 aliphatic rings. The second-order valence-electron chi connectivity index (χ2n) is 3.01. The number of hydrogen-bond donors (Lipinski definition) is 0. The molecule has 9 heavy (non-hydrogen) atoms. The molecule has 0 atom stereocenters. The standard InChI is InChI=1S/C6H16O2Si/c1-5(2)6(3,4)7-8-9/h5H,1-4,9H3. The molecule has 0 N–H and O–H groups in total. The minimum atomic E-state index is -0.137. The van der Waals surface area contributed by atoms with Crippen molar-refractivity contribution in [3.63, 3.8) is 0 Å². The maximum absolute atomic E-state index is 5.05. The molecule has 0 bridgehead atoms. The monoisotopic (exact) mass is 148 g/mol. The van der Waals surface area contributed by atoms with Crippen molar-refractivity contribution < 1.29 is 9.46 Å². The van der Waals surface area contributed by atoms with Crippen molar-refractivity contribution in [2.75, 3.05) is 0 Å². The SMILES string of the molecule is CC(C)C(C)(C)OO[SiH3]. The van der Waals surface area contributed by atoms with Gasteiger partial charge in [-0.05, 0) is 19.8 Å². The van der Waals surface area contributed by atoms with Crippen LogP contribution in [-0.4, -0.2) is 16.1 Å². The predicted molar refractivity (Wildman–Crippen MR) is 41.0 cm³/mol. The third-order valence-electron chi connectivity index (χ3n) is 1.69. The molecule has 0 heterocycles. The van der Waals surface area contributed by atoms with Gasteiger partial charge in [0.15, 0.2) is 10.5 Å². The van der Waals surface area contributed by atoms with Crippen LogP contribution in [0.2, 0.25) is 0 Å². The van der Waals surface area contributed by atoms with Crippen LogP contribution >= 0.6 is 0 Å². The normalized spacial score (nSPS) is 13.0. The summed E-state index contributed by atoms with van der Waals surface area (Å²) in [6, 6.07) is 0. The van der Waals surface area contributed by atoms with E-state index in [1.54, 1.807) is 0 Å². The molecule has 3 heteroatoms. The van der Waals surface area contributed by atoms with E-state index in [9.17, 15) is 0 Å². The second kappa shape index (κ2) is 3.34. The van der Waals surface area contributed by atoms with Crippen molar-refractivity contribution >= 4 is 10.5 Å². The van der Waals surface area contributed by atoms with Crippen LogP contribution in [0.3, 0.4) is 0 Å². The Bertz CT molecular complexity index is 81.1. The smallest absolute Gasteiger partial charge is 0.193 e. The van der Waals surface area contributed by atoms with Crippen LogP contribution in [-0.2, 0) is 9.46 Å². The molecule has 0 aromatic carbocycles. The molecular formula is C6H16O2Si. The molecule has 0 aromatic heterocycles. The van der Waals surface area contributed by atoms with E-state index >= 15 is 0 Å². The van der Waals surface area contributed by atoms with Crippen LogP contribution in [0.1, 0.15) is 27.7 Å². The average Bonchev–Trinajstić information content (AvgIpc) is 1.65. The lowest BCUT2D eigenvalue weighted by atomic mass is 9.95. The van der Waals surface area contributed by atoms with Crippen LogP contribution in [0.4, 0.5) is 0 Å². The molecule has 56 valence electrons. The molecule has 0 rings (SSSR count).